The standard InChI is InChI=1S/C68H94F3N5O17S/c1-5-75(6-2)60-18-21-63(62(52-60)64-51-58(22-23-72-64)65(77)73-53-55-12-8-15-59(50-55)68(69,70)71)74-66(78)57-14-7-11-54(49-57)13-9-26-84-32-35-88-40-41-89-36-33-85-27-10-48-94(80,81)61-19-16-56(17-20-61)67(79)76(24-28-82-3)25-29-86-34-37-90-42-43-92-46-47-93-45-44-91-39-38-87-31-30-83-4/h7-8,11-12,14-23,49-52H,5-6,9-10,13,24-48,53H2,1-4H3,(H,73,77)(H,74,78). The van der Waals surface area contributed by atoms with Gasteiger partial charge in [0.1, 0.15) is 0 Å². The lowest BCUT2D eigenvalue weighted by Crippen LogP contribution is -2.36. The van der Waals surface area contributed by atoms with E-state index >= 15 is 0 Å². The minimum atomic E-state index is -4.51. The van der Waals surface area contributed by atoms with Gasteiger partial charge in [-0.25, -0.2) is 8.42 Å². The van der Waals surface area contributed by atoms with E-state index in [1.54, 1.807) is 37.3 Å². The average molecular weight is 1340 g/mol. The molecule has 0 aliphatic carbocycles. The molecule has 1 aromatic heterocycles. The van der Waals surface area contributed by atoms with Gasteiger partial charge < -0.3 is 77.3 Å². The van der Waals surface area contributed by atoms with Gasteiger partial charge in [0.25, 0.3) is 17.7 Å². The maximum Gasteiger partial charge on any atom is 0.416 e. The van der Waals surface area contributed by atoms with E-state index in [0.29, 0.717) is 185 Å². The van der Waals surface area contributed by atoms with Gasteiger partial charge in [0.05, 0.1) is 160 Å². The van der Waals surface area contributed by atoms with Gasteiger partial charge in [-0.2, -0.15) is 13.2 Å². The van der Waals surface area contributed by atoms with Crippen LogP contribution in [0.25, 0.3) is 11.3 Å². The number of nitrogens with one attached hydrogen (secondary N) is 2. The number of nitrogens with zero attached hydrogens (tertiary/aromatic N) is 3. The summed E-state index contributed by atoms with van der Waals surface area (Å²) in [5.74, 6) is -1.24. The van der Waals surface area contributed by atoms with Crippen LogP contribution in [-0.4, -0.2) is 228 Å². The molecule has 94 heavy (non-hydrogen) atoms. The fourth-order valence-corrected chi connectivity index (χ4v) is 10.5. The number of carbonyl (C=O) groups is 3. The minimum Gasteiger partial charge on any atom is -0.383 e. The molecule has 0 radical (unpaired) electrons. The molecule has 3 amide bonds. The summed E-state index contributed by atoms with van der Waals surface area (Å²) in [4.78, 5) is 48.9. The van der Waals surface area contributed by atoms with Gasteiger partial charge in [-0.3, -0.25) is 19.4 Å². The van der Waals surface area contributed by atoms with Crippen molar-refractivity contribution in [3.8, 4) is 11.3 Å². The summed E-state index contributed by atoms with van der Waals surface area (Å²) in [6.45, 7) is 14.9. The highest BCUT2D eigenvalue weighted by Crippen LogP contribution is 2.33. The third-order valence-electron chi connectivity index (χ3n) is 14.3. The Bertz CT molecular complexity index is 3050. The Kier molecular flexibility index (Phi) is 38.1. The molecule has 0 aliphatic rings. The van der Waals surface area contributed by atoms with E-state index in [1.165, 1.54) is 48.7 Å². The van der Waals surface area contributed by atoms with Crippen LogP contribution in [0.4, 0.5) is 24.5 Å². The van der Waals surface area contributed by atoms with E-state index in [4.69, 9.17) is 56.8 Å². The Hall–Kier alpha value is -6.50. The molecule has 22 nitrogen and oxygen atoms in total. The number of rotatable bonds is 52. The van der Waals surface area contributed by atoms with E-state index < -0.39 is 27.5 Å². The smallest absolute Gasteiger partial charge is 0.383 e. The van der Waals surface area contributed by atoms with E-state index in [2.05, 4.69) is 20.5 Å². The average Bonchev–Trinajstić information content (AvgIpc) is 0.830. The van der Waals surface area contributed by atoms with Gasteiger partial charge in [0.2, 0.25) is 0 Å². The first-order valence-corrected chi connectivity index (χ1v) is 33.4. The third kappa shape index (κ3) is 30.5. The number of hydrogen-bond donors (Lipinski definition) is 2. The number of carbonyl (C=O) groups excluding carboxylic acids is 3. The molecular formula is C68H94F3N5O17S. The molecule has 520 valence electrons. The molecule has 4 aromatic carbocycles. The Morgan fingerprint density at radius 1 is 0.511 bits per heavy atom. The van der Waals surface area contributed by atoms with Gasteiger partial charge in [-0.15, -0.1) is 0 Å². The maximum atomic E-state index is 13.8. The van der Waals surface area contributed by atoms with E-state index in [0.717, 1.165) is 36.5 Å². The number of benzene rings is 4. The molecule has 0 aliphatic heterocycles. The van der Waals surface area contributed by atoms with Gasteiger partial charge in [-0.1, -0.05) is 24.3 Å². The first-order valence-electron chi connectivity index (χ1n) is 31.7. The predicted molar refractivity (Wildman–Crippen MR) is 350 cm³/mol. The number of methoxy groups -OCH3 is 2. The highest BCUT2D eigenvalue weighted by Gasteiger charge is 2.30. The van der Waals surface area contributed by atoms with Crippen LogP contribution < -0.4 is 15.5 Å². The Labute approximate surface area is 551 Å². The highest BCUT2D eigenvalue weighted by molar-refractivity contribution is 7.91. The minimum absolute atomic E-state index is 0.116. The van der Waals surface area contributed by atoms with Gasteiger partial charge >= 0.3 is 6.18 Å². The molecule has 26 heteroatoms. The van der Waals surface area contributed by atoms with Crippen molar-refractivity contribution in [1.82, 2.24) is 15.2 Å². The van der Waals surface area contributed by atoms with Crippen LogP contribution in [-0.2, 0) is 85.8 Å². The lowest BCUT2D eigenvalue weighted by atomic mass is 10.0. The lowest BCUT2D eigenvalue weighted by Gasteiger charge is -2.23. The number of ether oxygens (including phenoxy) is 12. The second-order valence-electron chi connectivity index (χ2n) is 21.1. The molecule has 0 unspecified atom stereocenters. The number of anilines is 2. The molecule has 0 saturated heterocycles. The SMILES string of the molecule is CCN(CC)c1ccc(NC(=O)c2cccc(CCCOCCOCCOCCOCCCS(=O)(=O)c3ccc(C(=O)N(CCOC)CCOCCOCCOCCOCCOCCOCCOC)cc3)c2)c(-c2cc(C(=O)NCc3cccc(C(F)(F)F)c3)ccn2)c1. The molecule has 0 fully saturated rings. The Morgan fingerprint density at radius 2 is 1.02 bits per heavy atom. The lowest BCUT2D eigenvalue weighted by molar-refractivity contribution is -0.137. The fourth-order valence-electron chi connectivity index (χ4n) is 9.19. The highest BCUT2D eigenvalue weighted by atomic mass is 32.2. The van der Waals surface area contributed by atoms with Crippen molar-refractivity contribution < 1.29 is 92.8 Å². The van der Waals surface area contributed by atoms with E-state index in [-0.39, 0.29) is 60.8 Å². The van der Waals surface area contributed by atoms with E-state index in [1.807, 2.05) is 44.2 Å². The summed E-state index contributed by atoms with van der Waals surface area (Å²) in [5.41, 5.74) is 3.84. The summed E-state index contributed by atoms with van der Waals surface area (Å²) in [5, 5.41) is 5.74. The summed E-state index contributed by atoms with van der Waals surface area (Å²) < 4.78 is 132. The van der Waals surface area contributed by atoms with Crippen molar-refractivity contribution in [3.05, 3.63) is 143 Å². The van der Waals surface area contributed by atoms with Crippen molar-refractivity contribution >= 4 is 38.9 Å². The van der Waals surface area contributed by atoms with Crippen LogP contribution in [0.15, 0.2) is 114 Å². The number of aryl methyl sites for hydroxylation is 1. The van der Waals surface area contributed by atoms with Crippen LogP contribution in [0.2, 0.25) is 0 Å². The third-order valence-corrected chi connectivity index (χ3v) is 16.1. The number of aromatic nitrogens is 1. The molecule has 1 heterocycles. The fraction of sp³-hybridized carbons (Fsp3) is 0.529. The molecule has 5 aromatic rings. The zero-order valence-electron chi connectivity index (χ0n) is 54.6. The van der Waals surface area contributed by atoms with Crippen molar-refractivity contribution in [2.75, 3.05) is 202 Å². The van der Waals surface area contributed by atoms with Gasteiger partial charge in [0.15, 0.2) is 9.84 Å². The van der Waals surface area contributed by atoms with Gasteiger partial charge in [0, 0.05) is 94.3 Å². The van der Waals surface area contributed by atoms with Crippen molar-refractivity contribution in [1.29, 1.82) is 0 Å². The molecule has 0 bridgehead atoms. The first kappa shape index (κ1) is 78.2. The van der Waals surface area contributed by atoms with Crippen molar-refractivity contribution in [2.24, 2.45) is 0 Å². The molecule has 0 spiro atoms. The topological polar surface area (TPSA) is 240 Å². The number of alkyl halides is 3. The maximum absolute atomic E-state index is 13.8. The molecule has 5 rings (SSSR count). The molecule has 2 N–H and O–H groups in total. The summed E-state index contributed by atoms with van der Waals surface area (Å²) in [6.07, 6.45) is -1.38. The first-order chi connectivity index (χ1) is 45.7. The number of hydrogen-bond acceptors (Lipinski definition) is 19. The second-order valence-corrected chi connectivity index (χ2v) is 23.2. The molecule has 0 atom stereocenters. The summed E-state index contributed by atoms with van der Waals surface area (Å²) in [7, 11) is -0.444. The Morgan fingerprint density at radius 3 is 1.59 bits per heavy atom. The summed E-state index contributed by atoms with van der Waals surface area (Å²) >= 11 is 0. The van der Waals surface area contributed by atoms with Gasteiger partial charge in [-0.05, 0) is 123 Å². The van der Waals surface area contributed by atoms with Crippen LogP contribution in [0.5, 0.6) is 0 Å². The van der Waals surface area contributed by atoms with E-state index in [9.17, 15) is 36.0 Å². The number of amides is 3. The van der Waals surface area contributed by atoms with Crippen molar-refractivity contribution in [2.45, 2.75) is 50.7 Å². The van der Waals surface area contributed by atoms with Crippen LogP contribution in [0.3, 0.4) is 0 Å². The molecular weight excluding hydrogens is 1250 g/mol. The summed E-state index contributed by atoms with van der Waals surface area (Å²) in [6, 6.07) is 26.8. The number of halogens is 3. The Balaban J connectivity index is 0.892. The van der Waals surface area contributed by atoms with Crippen LogP contribution in [0.1, 0.15) is 74.5 Å². The second kappa shape index (κ2) is 45.8. The monoisotopic (exact) mass is 1340 g/mol. The van der Waals surface area contributed by atoms with Crippen LogP contribution >= 0.6 is 0 Å². The predicted octanol–water partition coefficient (Wildman–Crippen LogP) is 8.49. The zero-order chi connectivity index (χ0) is 67.5. The van der Waals surface area contributed by atoms with Crippen molar-refractivity contribution in [3.63, 3.8) is 0 Å². The normalized spacial score (nSPS) is 11.7. The number of sulfone groups is 1. The largest absolute Gasteiger partial charge is 0.416 e. The molecule has 0 saturated carbocycles. The zero-order valence-corrected chi connectivity index (χ0v) is 55.5. The van der Waals surface area contributed by atoms with Crippen LogP contribution in [0, 0.1) is 0 Å². The number of pyridine rings is 1. The quantitative estimate of drug-likeness (QED) is 0.0347.